The summed E-state index contributed by atoms with van der Waals surface area (Å²) in [5.41, 5.74) is 5.91. The minimum atomic E-state index is -2.81. The largest absolute Gasteiger partial charge is 1.00 e. The lowest BCUT2D eigenvalue weighted by atomic mass is 10.1. The maximum Gasteiger partial charge on any atom is 0.261 e. The van der Waals surface area contributed by atoms with Crippen LogP contribution in [0, 0.1) is 0 Å². The third-order valence-electron chi connectivity index (χ3n) is 20.5. The summed E-state index contributed by atoms with van der Waals surface area (Å²) in [5, 5.41) is 23.4. The Hall–Kier alpha value is -8.66. The Bertz CT molecular complexity index is 4110. The van der Waals surface area contributed by atoms with Gasteiger partial charge in [-0.15, -0.1) is 22.7 Å². The van der Waals surface area contributed by atoms with Crippen molar-refractivity contribution in [3.63, 3.8) is 0 Å². The molecule has 0 aliphatic rings. The highest BCUT2D eigenvalue weighted by Gasteiger charge is 2.51. The average molecular weight is 1590 g/mol. The Morgan fingerprint density at radius 3 is 0.955 bits per heavy atom. The molecule has 112 heavy (non-hydrogen) atoms. The number of rotatable bonds is 42. The maximum absolute atomic E-state index is 11.5. The van der Waals surface area contributed by atoms with Crippen LogP contribution in [0.2, 0.25) is 10.1 Å². The van der Waals surface area contributed by atoms with Gasteiger partial charge in [-0.1, -0.05) is 277 Å². The zero-order valence-corrected chi connectivity index (χ0v) is 71.6. The molecule has 11 nitrogen and oxygen atoms in total. The third-order valence-corrected chi connectivity index (χ3v) is 32.5. The van der Waals surface area contributed by atoms with Crippen LogP contribution in [0.1, 0.15) is 172 Å². The van der Waals surface area contributed by atoms with E-state index in [1.54, 1.807) is 6.07 Å². The molecule has 16 heteroatoms. The molecule has 0 saturated carbocycles. The fraction of sp³-hybridized carbons (Fsp3) is 0.354. The lowest BCUT2D eigenvalue weighted by Crippen LogP contribution is -3.00. The van der Waals surface area contributed by atoms with E-state index in [0.717, 1.165) is 61.7 Å². The van der Waals surface area contributed by atoms with Crippen LogP contribution in [0.15, 0.2) is 243 Å². The van der Waals surface area contributed by atoms with Crippen LogP contribution in [-0.4, -0.2) is 123 Å². The van der Waals surface area contributed by atoms with Crippen LogP contribution < -0.4 is 44.7 Å². The quantitative estimate of drug-likeness (QED) is 0.0218. The molecule has 0 bridgehead atoms. The van der Waals surface area contributed by atoms with Gasteiger partial charge in [0.25, 0.3) is 16.6 Å². The predicted molar refractivity (Wildman–Crippen MR) is 477 cm³/mol. The number of halogens is 1. The second-order valence-corrected chi connectivity index (χ2v) is 41.4. The summed E-state index contributed by atoms with van der Waals surface area (Å²) in [6.07, 6.45) is 20.9. The molecule has 8 aromatic carbocycles. The molecule has 0 spiro atoms. The molecule has 0 fully saturated rings. The molecular weight excluding hydrogens is 1460 g/mol. The summed E-state index contributed by atoms with van der Waals surface area (Å²) in [6, 6.07) is 83.5. The van der Waals surface area contributed by atoms with Crippen molar-refractivity contribution in [3.05, 3.63) is 284 Å². The summed E-state index contributed by atoms with van der Waals surface area (Å²) < 4.78 is 29.3. The van der Waals surface area contributed by atoms with E-state index in [2.05, 4.69) is 238 Å². The molecule has 0 aliphatic carbocycles. The first-order valence-corrected chi connectivity index (χ1v) is 45.5. The summed E-state index contributed by atoms with van der Waals surface area (Å²) in [6.45, 7) is 33.0. The Labute approximate surface area is 679 Å². The van der Waals surface area contributed by atoms with Gasteiger partial charge in [-0.3, -0.25) is 9.59 Å². The predicted octanol–water partition coefficient (Wildman–Crippen LogP) is 17.4. The van der Waals surface area contributed by atoms with Gasteiger partial charge in [0, 0.05) is 70.6 Å². The van der Waals surface area contributed by atoms with Gasteiger partial charge >= 0.3 is 0 Å². The van der Waals surface area contributed by atoms with Gasteiger partial charge in [-0.2, -0.15) is 0 Å². The first-order valence-electron chi connectivity index (χ1n) is 40.1. The fourth-order valence-corrected chi connectivity index (χ4v) is 25.2. The van der Waals surface area contributed by atoms with E-state index in [0.29, 0.717) is 68.1 Å². The summed E-state index contributed by atoms with van der Waals surface area (Å²) in [4.78, 5) is 30.1. The number of aliphatic hydroxyl groups is 2. The van der Waals surface area contributed by atoms with Crippen molar-refractivity contribution in [2.75, 3.05) is 88.6 Å². The van der Waals surface area contributed by atoms with E-state index in [9.17, 15) is 19.8 Å². The van der Waals surface area contributed by atoms with Crippen molar-refractivity contribution < 1.29 is 47.3 Å². The Morgan fingerprint density at radius 1 is 0.384 bits per heavy atom. The number of hydrogen-bond acceptors (Lipinski definition) is 12. The first kappa shape index (κ1) is 90.5. The molecule has 0 amide bonds. The molecule has 2 N–H and O–H groups in total. The van der Waals surface area contributed by atoms with Gasteiger partial charge in [-0.25, -0.2) is 0 Å². The van der Waals surface area contributed by atoms with Crippen LogP contribution in [0.5, 0.6) is 11.5 Å². The van der Waals surface area contributed by atoms with E-state index in [4.69, 9.17) is 18.3 Å². The van der Waals surface area contributed by atoms with Crippen molar-refractivity contribution >= 4 is 108 Å². The van der Waals surface area contributed by atoms with E-state index in [-0.39, 0.29) is 28.0 Å². The molecule has 0 saturated heterocycles. The third kappa shape index (κ3) is 26.2. The van der Waals surface area contributed by atoms with Crippen molar-refractivity contribution in [1.29, 1.82) is 0 Å². The number of aldehydes is 2. The molecule has 596 valence electrons. The van der Waals surface area contributed by atoms with Crippen molar-refractivity contribution in [3.8, 4) is 11.5 Å². The zero-order valence-electron chi connectivity index (χ0n) is 68.0. The molecule has 2 heterocycles. The van der Waals surface area contributed by atoms with Crippen LogP contribution >= 0.6 is 22.7 Å². The van der Waals surface area contributed by atoms with Crippen molar-refractivity contribution in [2.24, 2.45) is 0 Å². The molecule has 0 radical (unpaired) electrons. The topological polar surface area (TPSA) is 118 Å². The monoisotopic (exact) mass is 1580 g/mol. The fourth-order valence-electron chi connectivity index (χ4n) is 14.6. The van der Waals surface area contributed by atoms with Crippen LogP contribution in [0.25, 0.3) is 24.3 Å². The molecular formula is C96H122FN3O8S2Si2. The Morgan fingerprint density at radius 2 is 0.679 bits per heavy atom. The van der Waals surface area contributed by atoms with E-state index < -0.39 is 16.6 Å². The van der Waals surface area contributed by atoms with Crippen LogP contribution in [-0.2, 0) is 22.1 Å². The molecule has 0 aliphatic heterocycles. The second kappa shape index (κ2) is 47.1. The summed E-state index contributed by atoms with van der Waals surface area (Å²) in [7, 11) is -5.62. The summed E-state index contributed by atoms with van der Waals surface area (Å²) in [5.74, 6) is 1.48. The van der Waals surface area contributed by atoms with Gasteiger partial charge in [-0.05, 0) is 140 Å². The second-order valence-electron chi connectivity index (χ2n) is 30.5. The number of anilines is 2. The molecule has 10 rings (SSSR count). The minimum absolute atomic E-state index is 0. The number of benzene rings is 8. The Kier molecular flexibility index (Phi) is 38.1. The SMILES string of the molecule is CC(C)(C)[Si](OCCN(CCO[Si](c1ccccc1)(c1ccccc1)C(C)(C)C)c1ccc(/C=C/c2ccc(C=O)s2)c(OCc2ccccc2)c1)(c1ccccc1)c1ccccc1.CCCC[N+](CCCC)(CCCC)CCCC.O=Cc1ccc(/C=C/c2ccc(N(CCO)CCO)cc2OCc2ccccc2)s1.[F-]. The molecule has 0 unspecified atom stereocenters. The Balaban J connectivity index is 0.000000298. The normalized spacial score (nSPS) is 11.8. The highest BCUT2D eigenvalue weighted by molar-refractivity contribution is 7.14. The molecule has 2 aromatic heterocycles. The number of quaternary nitrogens is 1. The first-order chi connectivity index (χ1) is 53.9. The average Bonchev–Trinajstić information content (AvgIpc) is 0.755. The van der Waals surface area contributed by atoms with Gasteiger partial charge < -0.3 is 47.5 Å². The van der Waals surface area contributed by atoms with Crippen molar-refractivity contribution in [2.45, 2.75) is 144 Å². The van der Waals surface area contributed by atoms with E-state index >= 15 is 0 Å². The van der Waals surface area contributed by atoms with Crippen LogP contribution in [0.4, 0.5) is 11.4 Å². The molecule has 0 atom stereocenters. The number of hydrogen-bond donors (Lipinski definition) is 2. The van der Waals surface area contributed by atoms with Crippen LogP contribution in [0.3, 0.4) is 0 Å². The summed E-state index contributed by atoms with van der Waals surface area (Å²) >= 11 is 2.90. The number of ether oxygens (including phenoxy) is 2. The maximum atomic E-state index is 11.5. The van der Waals surface area contributed by atoms with Crippen molar-refractivity contribution in [1.82, 2.24) is 0 Å². The van der Waals surface area contributed by atoms with E-state index in [1.165, 1.54) is 125 Å². The van der Waals surface area contributed by atoms with Gasteiger partial charge in [0.15, 0.2) is 12.6 Å². The smallest absolute Gasteiger partial charge is 0.261 e. The lowest BCUT2D eigenvalue weighted by molar-refractivity contribution is -0.929. The number of unbranched alkanes of at least 4 members (excludes halogenated alkanes) is 4. The number of thiophene rings is 2. The highest BCUT2D eigenvalue weighted by Crippen LogP contribution is 2.40. The highest BCUT2D eigenvalue weighted by atomic mass is 32.1. The van der Waals surface area contributed by atoms with Gasteiger partial charge in [0.2, 0.25) is 0 Å². The van der Waals surface area contributed by atoms with E-state index in [1.807, 2.05) is 102 Å². The minimum Gasteiger partial charge on any atom is -1.00 e. The number of carbonyl (C=O) groups is 2. The standard InChI is InChI=1S/C56H61NO4SSi2.C24H25NO4S.C16H36N.FH/c1-55(2,3)63(50-24-14-8-15-25-50,51-26-16-9-17-27-51)60-40-38-57(39-41-61-64(56(4,5)6,52-28-18-10-19-29-52)53-30-20-11-21-31-53)47-34-32-46(33-35-48-36-37-49(43-58)62-48)54(42-47)59-44-45-22-12-7-13-23-45;26-14-12-25(13-15-27)21-8-6-20(7-9-22-10-11-23(17-28)30-22)24(16-21)29-18-19-4-2-1-3-5-19;1-5-9-13-17(14-10-6-2,15-11-7-3)16-12-8-4;/h7-37,42-43H,38-41,44H2,1-6H3;1-11,16-17,26-27H,12-15,18H2;5-16H2,1-4H3;1H/q;;+1;/p-1/b35-33+;9-7+;;. The number of nitrogens with zero attached hydrogens (tertiary/aromatic N) is 3. The number of carbonyl (C=O) groups excluding carboxylic acids is 2. The zero-order chi connectivity index (χ0) is 79.2. The van der Waals surface area contributed by atoms with Gasteiger partial charge in [0.1, 0.15) is 24.7 Å². The van der Waals surface area contributed by atoms with Gasteiger partial charge in [0.05, 0.1) is 62.4 Å². The molecule has 10 aromatic rings. The lowest BCUT2D eigenvalue weighted by Gasteiger charge is -2.44. The number of aliphatic hydroxyl groups excluding tert-OH is 2.